The van der Waals surface area contributed by atoms with Crippen molar-refractivity contribution in [1.29, 1.82) is 0 Å². The SMILES string of the molecule is CCNc1nccnc1C. The van der Waals surface area contributed by atoms with Crippen molar-refractivity contribution in [2.24, 2.45) is 0 Å². The molecule has 1 aromatic rings. The quantitative estimate of drug-likeness (QED) is 0.666. The van der Waals surface area contributed by atoms with E-state index in [1.165, 1.54) is 0 Å². The fraction of sp³-hybridized carbons (Fsp3) is 0.429. The van der Waals surface area contributed by atoms with Crippen molar-refractivity contribution in [3.8, 4) is 0 Å². The monoisotopic (exact) mass is 137 g/mol. The van der Waals surface area contributed by atoms with Gasteiger partial charge in [-0.1, -0.05) is 0 Å². The summed E-state index contributed by atoms with van der Waals surface area (Å²) in [5.74, 6) is 0.880. The van der Waals surface area contributed by atoms with Gasteiger partial charge in [-0.15, -0.1) is 0 Å². The second kappa shape index (κ2) is 3.15. The molecule has 1 N–H and O–H groups in total. The molecule has 1 aromatic heterocycles. The van der Waals surface area contributed by atoms with Crippen molar-refractivity contribution >= 4 is 5.82 Å². The van der Waals surface area contributed by atoms with Crippen LogP contribution in [0.1, 0.15) is 12.6 Å². The second-order valence-corrected chi connectivity index (χ2v) is 2.02. The Morgan fingerprint density at radius 2 is 2.10 bits per heavy atom. The van der Waals surface area contributed by atoms with Crippen molar-refractivity contribution in [2.75, 3.05) is 11.9 Å². The minimum atomic E-state index is 0.880. The van der Waals surface area contributed by atoms with Crippen LogP contribution >= 0.6 is 0 Å². The van der Waals surface area contributed by atoms with Gasteiger partial charge in [-0.2, -0.15) is 0 Å². The number of hydrogen-bond donors (Lipinski definition) is 1. The molecule has 0 fully saturated rings. The van der Waals surface area contributed by atoms with Gasteiger partial charge in [0.05, 0.1) is 5.69 Å². The van der Waals surface area contributed by atoms with E-state index in [9.17, 15) is 0 Å². The number of nitrogens with zero attached hydrogens (tertiary/aromatic N) is 2. The van der Waals surface area contributed by atoms with Crippen molar-refractivity contribution in [3.63, 3.8) is 0 Å². The first-order valence-electron chi connectivity index (χ1n) is 3.36. The summed E-state index contributed by atoms with van der Waals surface area (Å²) in [5, 5.41) is 3.10. The molecule has 0 aliphatic rings. The average molecular weight is 137 g/mol. The van der Waals surface area contributed by atoms with Gasteiger partial charge in [-0.05, 0) is 13.8 Å². The zero-order valence-corrected chi connectivity index (χ0v) is 6.26. The first-order chi connectivity index (χ1) is 4.84. The number of nitrogens with one attached hydrogen (secondary N) is 1. The number of rotatable bonds is 2. The zero-order chi connectivity index (χ0) is 7.40. The van der Waals surface area contributed by atoms with Gasteiger partial charge in [0.1, 0.15) is 5.82 Å². The molecule has 0 aliphatic heterocycles. The average Bonchev–Trinajstić information content (AvgIpc) is 1.94. The van der Waals surface area contributed by atoms with Crippen molar-refractivity contribution < 1.29 is 0 Å². The van der Waals surface area contributed by atoms with Gasteiger partial charge in [0.2, 0.25) is 0 Å². The number of aromatic nitrogens is 2. The zero-order valence-electron chi connectivity index (χ0n) is 6.26. The van der Waals surface area contributed by atoms with Crippen molar-refractivity contribution in [2.45, 2.75) is 13.8 Å². The number of hydrogen-bond acceptors (Lipinski definition) is 3. The van der Waals surface area contributed by atoms with Crippen LogP contribution in [0.5, 0.6) is 0 Å². The first kappa shape index (κ1) is 6.99. The predicted octanol–water partition coefficient (Wildman–Crippen LogP) is 1.22. The van der Waals surface area contributed by atoms with E-state index in [4.69, 9.17) is 0 Å². The lowest BCUT2D eigenvalue weighted by atomic mass is 10.4. The maximum absolute atomic E-state index is 4.09. The number of anilines is 1. The molecular weight excluding hydrogens is 126 g/mol. The third-order valence-corrected chi connectivity index (χ3v) is 1.23. The van der Waals surface area contributed by atoms with E-state index in [2.05, 4.69) is 15.3 Å². The van der Waals surface area contributed by atoms with Crippen molar-refractivity contribution in [3.05, 3.63) is 18.1 Å². The summed E-state index contributed by atoms with van der Waals surface area (Å²) in [6, 6.07) is 0. The summed E-state index contributed by atoms with van der Waals surface area (Å²) in [7, 11) is 0. The number of aryl methyl sites for hydroxylation is 1. The third kappa shape index (κ3) is 1.43. The summed E-state index contributed by atoms with van der Waals surface area (Å²) in [4.78, 5) is 8.17. The Morgan fingerprint density at radius 1 is 1.40 bits per heavy atom. The lowest BCUT2D eigenvalue weighted by Gasteiger charge is -2.02. The summed E-state index contributed by atoms with van der Waals surface area (Å²) < 4.78 is 0. The van der Waals surface area contributed by atoms with Crippen LogP contribution in [0.15, 0.2) is 12.4 Å². The Bertz CT molecular complexity index is 210. The highest BCUT2D eigenvalue weighted by Gasteiger charge is 1.94. The minimum absolute atomic E-state index is 0.880. The molecule has 3 nitrogen and oxygen atoms in total. The highest BCUT2D eigenvalue weighted by molar-refractivity contribution is 5.37. The topological polar surface area (TPSA) is 37.8 Å². The lowest BCUT2D eigenvalue weighted by Crippen LogP contribution is -2.01. The maximum atomic E-state index is 4.09. The van der Waals surface area contributed by atoms with Crippen LogP contribution in [0.2, 0.25) is 0 Å². The van der Waals surface area contributed by atoms with Gasteiger partial charge in [0.25, 0.3) is 0 Å². The highest BCUT2D eigenvalue weighted by Crippen LogP contribution is 2.03. The molecule has 0 saturated heterocycles. The Balaban J connectivity index is 2.81. The predicted molar refractivity (Wildman–Crippen MR) is 40.9 cm³/mol. The van der Waals surface area contributed by atoms with E-state index >= 15 is 0 Å². The Kier molecular flexibility index (Phi) is 2.20. The van der Waals surface area contributed by atoms with E-state index in [0.717, 1.165) is 18.1 Å². The largest absolute Gasteiger partial charge is 0.369 e. The van der Waals surface area contributed by atoms with Gasteiger partial charge < -0.3 is 5.32 Å². The molecule has 0 aliphatic carbocycles. The molecule has 0 radical (unpaired) electrons. The molecule has 54 valence electrons. The van der Waals surface area contributed by atoms with E-state index in [1.54, 1.807) is 12.4 Å². The third-order valence-electron chi connectivity index (χ3n) is 1.23. The summed E-state index contributed by atoms with van der Waals surface area (Å²) in [5.41, 5.74) is 0.948. The molecule has 0 spiro atoms. The first-order valence-corrected chi connectivity index (χ1v) is 3.36. The van der Waals surface area contributed by atoms with Gasteiger partial charge >= 0.3 is 0 Å². The van der Waals surface area contributed by atoms with Crippen LogP contribution in [0.4, 0.5) is 5.82 Å². The van der Waals surface area contributed by atoms with E-state index in [-0.39, 0.29) is 0 Å². The molecule has 0 amide bonds. The smallest absolute Gasteiger partial charge is 0.147 e. The van der Waals surface area contributed by atoms with Gasteiger partial charge in [0, 0.05) is 18.9 Å². The molecule has 0 aromatic carbocycles. The fourth-order valence-corrected chi connectivity index (χ4v) is 0.749. The highest BCUT2D eigenvalue weighted by atomic mass is 15.0. The van der Waals surface area contributed by atoms with Crippen molar-refractivity contribution in [1.82, 2.24) is 9.97 Å². The van der Waals surface area contributed by atoms with Crippen LogP contribution in [-0.4, -0.2) is 16.5 Å². The summed E-state index contributed by atoms with van der Waals surface area (Å²) >= 11 is 0. The van der Waals surface area contributed by atoms with Crippen LogP contribution in [0.25, 0.3) is 0 Å². The lowest BCUT2D eigenvalue weighted by molar-refractivity contribution is 1.07. The Morgan fingerprint density at radius 3 is 2.70 bits per heavy atom. The van der Waals surface area contributed by atoms with E-state index in [0.29, 0.717) is 0 Å². The molecular formula is C7H11N3. The fourth-order valence-electron chi connectivity index (χ4n) is 0.749. The van der Waals surface area contributed by atoms with Gasteiger partial charge in [0.15, 0.2) is 0 Å². The molecule has 0 unspecified atom stereocenters. The molecule has 0 saturated carbocycles. The van der Waals surface area contributed by atoms with E-state index < -0.39 is 0 Å². The summed E-state index contributed by atoms with van der Waals surface area (Å²) in [6.07, 6.45) is 3.38. The Labute approximate surface area is 60.5 Å². The van der Waals surface area contributed by atoms with Crippen LogP contribution in [-0.2, 0) is 0 Å². The van der Waals surface area contributed by atoms with E-state index in [1.807, 2.05) is 13.8 Å². The molecule has 0 bridgehead atoms. The molecule has 1 rings (SSSR count). The summed E-state index contributed by atoms with van der Waals surface area (Å²) in [6.45, 7) is 4.86. The van der Waals surface area contributed by atoms with Gasteiger partial charge in [-0.3, -0.25) is 4.98 Å². The second-order valence-electron chi connectivity index (χ2n) is 2.02. The van der Waals surface area contributed by atoms with Crippen LogP contribution in [0, 0.1) is 6.92 Å². The van der Waals surface area contributed by atoms with Gasteiger partial charge in [-0.25, -0.2) is 4.98 Å². The molecule has 3 heteroatoms. The molecule has 10 heavy (non-hydrogen) atoms. The standard InChI is InChI=1S/C7H11N3/c1-3-8-7-6(2)9-4-5-10-7/h4-5H,3H2,1-2H3,(H,8,10). The normalized spacial score (nSPS) is 9.40. The van der Waals surface area contributed by atoms with Crippen LogP contribution < -0.4 is 5.32 Å². The minimum Gasteiger partial charge on any atom is -0.369 e. The molecule has 1 heterocycles. The maximum Gasteiger partial charge on any atom is 0.147 e. The van der Waals surface area contributed by atoms with Crippen LogP contribution in [0.3, 0.4) is 0 Å². The Hall–Kier alpha value is -1.12. The molecule has 0 atom stereocenters.